The Morgan fingerprint density at radius 3 is 2.16 bits per heavy atom. The molecule has 0 amide bonds. The molecule has 0 aliphatic heterocycles. The van der Waals surface area contributed by atoms with E-state index in [9.17, 15) is 20.1 Å². The molecule has 168 valence electrons. The minimum atomic E-state index is -0.487. The highest BCUT2D eigenvalue weighted by molar-refractivity contribution is 5.90. The minimum Gasteiger partial charge on any atom is -0.508 e. The number of fused-ring (bicyclic) bond motifs is 1. The van der Waals surface area contributed by atoms with Crippen LogP contribution in [0.15, 0.2) is 57.0 Å². The molecule has 0 aliphatic carbocycles. The Morgan fingerprint density at radius 1 is 0.938 bits per heavy atom. The Morgan fingerprint density at radius 2 is 1.56 bits per heavy atom. The van der Waals surface area contributed by atoms with Crippen molar-refractivity contribution in [2.45, 2.75) is 40.5 Å². The summed E-state index contributed by atoms with van der Waals surface area (Å²) in [5.74, 6) is -0.0622. The molecule has 32 heavy (non-hydrogen) atoms. The van der Waals surface area contributed by atoms with Crippen molar-refractivity contribution in [3.8, 4) is 34.1 Å². The molecule has 1 aromatic heterocycles. The zero-order valence-corrected chi connectivity index (χ0v) is 18.9. The van der Waals surface area contributed by atoms with Gasteiger partial charge in [-0.15, -0.1) is 0 Å². The molecule has 6 heteroatoms. The molecule has 1 heterocycles. The molecule has 2 aromatic carbocycles. The second-order valence-corrected chi connectivity index (χ2v) is 8.19. The first-order chi connectivity index (χ1) is 15.1. The van der Waals surface area contributed by atoms with Crippen molar-refractivity contribution < 1.29 is 24.5 Å². The van der Waals surface area contributed by atoms with Crippen LogP contribution >= 0.6 is 0 Å². The molecule has 0 spiro atoms. The average Bonchev–Trinajstić information content (AvgIpc) is 2.73. The van der Waals surface area contributed by atoms with Crippen LogP contribution in [0.1, 0.15) is 38.8 Å². The summed E-state index contributed by atoms with van der Waals surface area (Å²) in [5.41, 5.74) is 2.87. The van der Waals surface area contributed by atoms with Crippen molar-refractivity contribution in [1.82, 2.24) is 0 Å². The van der Waals surface area contributed by atoms with Crippen LogP contribution in [-0.2, 0) is 12.8 Å². The molecule has 0 radical (unpaired) electrons. The maximum atomic E-state index is 13.4. The molecule has 0 aliphatic rings. The summed E-state index contributed by atoms with van der Waals surface area (Å²) in [6, 6.07) is 4.46. The lowest BCUT2D eigenvalue weighted by Crippen LogP contribution is -2.07. The Balaban J connectivity index is 2.26. The molecule has 3 N–H and O–H groups in total. The fourth-order valence-electron chi connectivity index (χ4n) is 3.51. The third kappa shape index (κ3) is 4.35. The largest absolute Gasteiger partial charge is 0.508 e. The molecule has 0 saturated heterocycles. The first kappa shape index (κ1) is 23.0. The van der Waals surface area contributed by atoms with Gasteiger partial charge in [0.1, 0.15) is 40.2 Å². The maximum Gasteiger partial charge on any atom is 0.204 e. The van der Waals surface area contributed by atoms with Gasteiger partial charge in [0.2, 0.25) is 5.43 Å². The smallest absolute Gasteiger partial charge is 0.204 e. The first-order valence-corrected chi connectivity index (χ1v) is 10.3. The number of aromatic hydroxyl groups is 3. The van der Waals surface area contributed by atoms with Crippen LogP contribution in [0.25, 0.3) is 22.1 Å². The average molecular weight is 437 g/mol. The van der Waals surface area contributed by atoms with Gasteiger partial charge in [0.05, 0.1) is 12.7 Å². The molecule has 0 saturated carbocycles. The van der Waals surface area contributed by atoms with Crippen molar-refractivity contribution in [1.29, 1.82) is 0 Å². The van der Waals surface area contributed by atoms with Crippen LogP contribution in [0.3, 0.4) is 0 Å². The number of methoxy groups -OCH3 is 1. The van der Waals surface area contributed by atoms with E-state index in [1.807, 2.05) is 39.8 Å². The van der Waals surface area contributed by atoms with Crippen molar-refractivity contribution in [3.63, 3.8) is 0 Å². The highest BCUT2D eigenvalue weighted by atomic mass is 16.5. The topological polar surface area (TPSA) is 100 Å². The summed E-state index contributed by atoms with van der Waals surface area (Å²) in [6.07, 6.45) is 5.73. The summed E-state index contributed by atoms with van der Waals surface area (Å²) in [5, 5.41) is 32.0. The van der Waals surface area contributed by atoms with E-state index in [-0.39, 0.29) is 39.3 Å². The lowest BCUT2D eigenvalue weighted by Gasteiger charge is -2.14. The normalized spacial score (nSPS) is 10.8. The molecule has 0 bridgehead atoms. The van der Waals surface area contributed by atoms with Crippen LogP contribution in [0.5, 0.6) is 23.0 Å². The predicted molar refractivity (Wildman–Crippen MR) is 126 cm³/mol. The van der Waals surface area contributed by atoms with Crippen LogP contribution in [0, 0.1) is 0 Å². The molecule has 6 nitrogen and oxygen atoms in total. The standard InChI is InChI=1S/C26H28O6/c1-14(2)6-8-17-20(27)11-10-16(24(17)28)19-13-32-22-12-21(31-5)18(9-7-15(3)4)25(29)23(22)26(19)30/h6-7,10-13,27-29H,8-9H2,1-5H3. The number of phenols is 3. The SMILES string of the molecule is COc1cc2occ(-c3ccc(O)c(CC=C(C)C)c3O)c(=O)c2c(O)c1CC=C(C)C. The third-order valence-electron chi connectivity index (χ3n) is 5.30. The first-order valence-electron chi connectivity index (χ1n) is 10.3. The number of hydrogen-bond acceptors (Lipinski definition) is 6. The molecular formula is C26H28O6. The summed E-state index contributed by atoms with van der Waals surface area (Å²) >= 11 is 0. The Bertz CT molecular complexity index is 1290. The fourth-order valence-corrected chi connectivity index (χ4v) is 3.51. The van der Waals surface area contributed by atoms with Crippen LogP contribution in [-0.4, -0.2) is 22.4 Å². The molecule has 3 aromatic rings. The molecule has 3 rings (SSSR count). The van der Waals surface area contributed by atoms with E-state index < -0.39 is 5.43 Å². The Labute approximate surface area is 186 Å². The number of phenolic OH excluding ortho intramolecular Hbond substituents is 3. The second kappa shape index (κ2) is 9.22. The highest BCUT2D eigenvalue weighted by Crippen LogP contribution is 2.40. The highest BCUT2D eigenvalue weighted by Gasteiger charge is 2.22. The Hall–Kier alpha value is -3.67. The molecule has 0 fully saturated rings. The summed E-state index contributed by atoms with van der Waals surface area (Å²) in [4.78, 5) is 13.4. The number of allylic oxidation sites excluding steroid dienone is 4. The van der Waals surface area contributed by atoms with Crippen LogP contribution in [0.4, 0.5) is 0 Å². The number of hydrogen-bond donors (Lipinski definition) is 3. The lowest BCUT2D eigenvalue weighted by atomic mass is 9.97. The van der Waals surface area contributed by atoms with E-state index in [2.05, 4.69) is 0 Å². The summed E-state index contributed by atoms with van der Waals surface area (Å²) in [6.45, 7) is 7.72. The van der Waals surface area contributed by atoms with Crippen LogP contribution in [0.2, 0.25) is 0 Å². The van der Waals surface area contributed by atoms with E-state index in [0.717, 1.165) is 11.1 Å². The Kier molecular flexibility index (Phi) is 6.63. The van der Waals surface area contributed by atoms with E-state index >= 15 is 0 Å². The van der Waals surface area contributed by atoms with Crippen molar-refractivity contribution in [2.24, 2.45) is 0 Å². The molecular weight excluding hydrogens is 408 g/mol. The second-order valence-electron chi connectivity index (χ2n) is 8.19. The minimum absolute atomic E-state index is 0.0128. The van der Waals surface area contributed by atoms with Gasteiger partial charge < -0.3 is 24.5 Å². The molecule has 0 atom stereocenters. The van der Waals surface area contributed by atoms with Gasteiger partial charge in [-0.1, -0.05) is 23.3 Å². The quantitative estimate of drug-likeness (QED) is 0.435. The van der Waals surface area contributed by atoms with Gasteiger partial charge in [-0.3, -0.25) is 4.79 Å². The third-order valence-corrected chi connectivity index (χ3v) is 5.30. The molecule has 0 unspecified atom stereocenters. The van der Waals surface area contributed by atoms with E-state index in [4.69, 9.17) is 9.15 Å². The predicted octanol–water partition coefficient (Wildman–Crippen LogP) is 5.60. The van der Waals surface area contributed by atoms with E-state index in [1.165, 1.54) is 25.5 Å². The van der Waals surface area contributed by atoms with Gasteiger partial charge in [0, 0.05) is 22.8 Å². The van der Waals surface area contributed by atoms with Crippen molar-refractivity contribution in [2.75, 3.05) is 7.11 Å². The number of ether oxygens (including phenoxy) is 1. The zero-order chi connectivity index (χ0) is 23.6. The lowest BCUT2D eigenvalue weighted by molar-refractivity contribution is 0.401. The summed E-state index contributed by atoms with van der Waals surface area (Å²) in [7, 11) is 1.49. The van der Waals surface area contributed by atoms with E-state index in [1.54, 1.807) is 6.07 Å². The van der Waals surface area contributed by atoms with Gasteiger partial charge in [0.15, 0.2) is 0 Å². The number of benzene rings is 2. The number of rotatable bonds is 6. The van der Waals surface area contributed by atoms with Gasteiger partial charge >= 0.3 is 0 Å². The monoisotopic (exact) mass is 436 g/mol. The van der Waals surface area contributed by atoms with Gasteiger partial charge in [0.25, 0.3) is 0 Å². The summed E-state index contributed by atoms with van der Waals surface area (Å²) < 4.78 is 11.1. The maximum absolute atomic E-state index is 13.4. The van der Waals surface area contributed by atoms with Crippen molar-refractivity contribution in [3.05, 3.63) is 69.1 Å². The van der Waals surface area contributed by atoms with Crippen LogP contribution < -0.4 is 10.2 Å². The zero-order valence-electron chi connectivity index (χ0n) is 18.9. The van der Waals surface area contributed by atoms with Gasteiger partial charge in [-0.2, -0.15) is 0 Å². The fraction of sp³-hybridized carbons (Fsp3) is 0.269. The van der Waals surface area contributed by atoms with Gasteiger partial charge in [-0.25, -0.2) is 0 Å². The van der Waals surface area contributed by atoms with E-state index in [0.29, 0.717) is 29.7 Å². The van der Waals surface area contributed by atoms with Gasteiger partial charge in [-0.05, 0) is 52.7 Å². The van der Waals surface area contributed by atoms with Crippen molar-refractivity contribution >= 4 is 11.0 Å².